The maximum Gasteiger partial charge on any atom is 0.0543 e. The Morgan fingerprint density at radius 3 is 1.77 bits per heavy atom. The quantitative estimate of drug-likeness (QED) is 0.170. The molecule has 56 heavy (non-hydrogen) atoms. The van der Waals surface area contributed by atoms with E-state index in [9.17, 15) is 0 Å². The van der Waals surface area contributed by atoms with Crippen molar-refractivity contribution >= 4 is 48.6 Å². The molecular formula is C54H41NS. The van der Waals surface area contributed by atoms with Crippen molar-refractivity contribution in [3.8, 4) is 44.5 Å². The van der Waals surface area contributed by atoms with E-state index in [-0.39, 0.29) is 10.8 Å². The summed E-state index contributed by atoms with van der Waals surface area (Å²) in [4.78, 5) is 2.52. The fourth-order valence-electron chi connectivity index (χ4n) is 9.91. The molecule has 0 fully saturated rings. The van der Waals surface area contributed by atoms with Crippen LogP contribution in [0.1, 0.15) is 49.9 Å². The Kier molecular flexibility index (Phi) is 7.18. The minimum atomic E-state index is -0.112. The maximum atomic E-state index is 2.52. The molecule has 2 aliphatic rings. The Morgan fingerprint density at radius 1 is 0.393 bits per heavy atom. The smallest absolute Gasteiger partial charge is 0.0543 e. The molecule has 0 saturated carbocycles. The molecule has 2 heteroatoms. The molecule has 0 spiro atoms. The number of anilines is 3. The van der Waals surface area contributed by atoms with Gasteiger partial charge in [-0.1, -0.05) is 161 Å². The van der Waals surface area contributed by atoms with Crippen molar-refractivity contribution in [2.75, 3.05) is 4.90 Å². The summed E-state index contributed by atoms with van der Waals surface area (Å²) in [6.07, 6.45) is 0. The molecule has 0 N–H and O–H groups in total. The molecule has 1 aromatic heterocycles. The van der Waals surface area contributed by atoms with E-state index in [1.54, 1.807) is 0 Å². The molecule has 268 valence electrons. The summed E-state index contributed by atoms with van der Waals surface area (Å²) in [6.45, 7) is 9.45. The van der Waals surface area contributed by atoms with Gasteiger partial charge in [0, 0.05) is 47.8 Å². The van der Waals surface area contributed by atoms with Gasteiger partial charge >= 0.3 is 0 Å². The first-order valence-electron chi connectivity index (χ1n) is 19.7. The van der Waals surface area contributed by atoms with Gasteiger partial charge in [-0.3, -0.25) is 0 Å². The Morgan fingerprint density at radius 2 is 0.946 bits per heavy atom. The van der Waals surface area contributed by atoms with Gasteiger partial charge in [0.1, 0.15) is 0 Å². The lowest BCUT2D eigenvalue weighted by molar-refractivity contribution is 0.660. The van der Waals surface area contributed by atoms with Crippen LogP contribution in [-0.4, -0.2) is 0 Å². The molecule has 0 saturated heterocycles. The second-order valence-electron chi connectivity index (χ2n) is 16.5. The van der Waals surface area contributed by atoms with E-state index in [0.29, 0.717) is 0 Å². The number of thiophene rings is 1. The standard InChI is InChI=1S/C54H41NS/c1-53(2)44-21-10-6-17-41(44)52-45(53)22-14-24-48(52)55(47-23-11-7-16-39(47)40-19-13-26-50-51(40)42-18-8-12-25-49(42)56-50)36-30-27-34(28-31-36)35-29-32-38-37-15-5-9-20-43(37)54(3,4)46(38)33-35/h5-33H,1-4H3. The summed E-state index contributed by atoms with van der Waals surface area (Å²) >= 11 is 1.88. The predicted molar refractivity (Wildman–Crippen MR) is 240 cm³/mol. The highest BCUT2D eigenvalue weighted by Gasteiger charge is 2.38. The average Bonchev–Trinajstić information content (AvgIpc) is 3.82. The molecule has 0 radical (unpaired) electrons. The van der Waals surface area contributed by atoms with Gasteiger partial charge in [-0.15, -0.1) is 11.3 Å². The lowest BCUT2D eigenvalue weighted by Crippen LogP contribution is -2.16. The lowest BCUT2D eigenvalue weighted by atomic mass is 9.81. The van der Waals surface area contributed by atoms with Gasteiger partial charge < -0.3 is 4.90 Å². The predicted octanol–water partition coefficient (Wildman–Crippen LogP) is 15.5. The summed E-state index contributed by atoms with van der Waals surface area (Å²) in [6, 6.07) is 65.7. The summed E-state index contributed by atoms with van der Waals surface area (Å²) in [5.74, 6) is 0. The zero-order valence-corrected chi connectivity index (χ0v) is 32.9. The fourth-order valence-corrected chi connectivity index (χ4v) is 11.0. The van der Waals surface area contributed by atoms with Crippen LogP contribution >= 0.6 is 11.3 Å². The maximum absolute atomic E-state index is 2.52. The first kappa shape index (κ1) is 33.1. The molecule has 11 rings (SSSR count). The van der Waals surface area contributed by atoms with Crippen LogP contribution < -0.4 is 4.90 Å². The fraction of sp³-hybridized carbons (Fsp3) is 0.111. The summed E-state index contributed by atoms with van der Waals surface area (Å²) < 4.78 is 2.63. The Hall–Kier alpha value is -6.22. The number of hydrogen-bond donors (Lipinski definition) is 0. The molecule has 0 atom stereocenters. The van der Waals surface area contributed by atoms with Crippen LogP contribution in [-0.2, 0) is 10.8 Å². The van der Waals surface area contributed by atoms with Gasteiger partial charge in [0.05, 0.1) is 11.4 Å². The van der Waals surface area contributed by atoms with Crippen LogP contribution in [0.3, 0.4) is 0 Å². The zero-order valence-electron chi connectivity index (χ0n) is 32.1. The van der Waals surface area contributed by atoms with Crippen LogP contribution in [0.2, 0.25) is 0 Å². The first-order valence-corrected chi connectivity index (χ1v) is 20.5. The third-order valence-electron chi connectivity index (χ3n) is 12.7. The number of fused-ring (bicyclic) bond motifs is 9. The highest BCUT2D eigenvalue weighted by Crippen LogP contribution is 2.56. The van der Waals surface area contributed by atoms with Crippen molar-refractivity contribution in [1.29, 1.82) is 0 Å². The first-order chi connectivity index (χ1) is 27.3. The van der Waals surface area contributed by atoms with E-state index in [4.69, 9.17) is 0 Å². The van der Waals surface area contributed by atoms with E-state index in [1.165, 1.54) is 92.6 Å². The highest BCUT2D eigenvalue weighted by atomic mass is 32.1. The number of benzene rings is 8. The van der Waals surface area contributed by atoms with Gasteiger partial charge in [0.2, 0.25) is 0 Å². The second-order valence-corrected chi connectivity index (χ2v) is 17.6. The number of nitrogens with zero attached hydrogens (tertiary/aromatic N) is 1. The van der Waals surface area contributed by atoms with Crippen LogP contribution in [0.5, 0.6) is 0 Å². The Labute approximate surface area is 333 Å². The molecule has 0 bridgehead atoms. The Bertz CT molecular complexity index is 3030. The van der Waals surface area contributed by atoms with Crippen LogP contribution in [0.4, 0.5) is 17.1 Å². The molecule has 1 heterocycles. The zero-order chi connectivity index (χ0) is 37.8. The normalized spacial score (nSPS) is 14.4. The molecule has 0 aliphatic heterocycles. The van der Waals surface area contributed by atoms with Gasteiger partial charge in [-0.2, -0.15) is 0 Å². The molecule has 9 aromatic rings. The summed E-state index contributed by atoms with van der Waals surface area (Å²) in [5, 5.41) is 2.63. The van der Waals surface area contributed by atoms with Crippen LogP contribution in [0.15, 0.2) is 176 Å². The Balaban J connectivity index is 1.11. The monoisotopic (exact) mass is 735 g/mol. The van der Waals surface area contributed by atoms with Crippen molar-refractivity contribution in [2.45, 2.75) is 38.5 Å². The van der Waals surface area contributed by atoms with E-state index >= 15 is 0 Å². The minimum Gasteiger partial charge on any atom is -0.309 e. The summed E-state index contributed by atoms with van der Waals surface area (Å²) in [7, 11) is 0. The van der Waals surface area contributed by atoms with Gasteiger partial charge in [-0.25, -0.2) is 0 Å². The number of rotatable bonds is 5. The molecular weight excluding hydrogens is 695 g/mol. The van der Waals surface area contributed by atoms with Crippen LogP contribution in [0.25, 0.3) is 64.7 Å². The van der Waals surface area contributed by atoms with Crippen LogP contribution in [0, 0.1) is 0 Å². The van der Waals surface area contributed by atoms with E-state index in [1.807, 2.05) is 11.3 Å². The number of para-hydroxylation sites is 1. The van der Waals surface area contributed by atoms with Gasteiger partial charge in [-0.05, 0) is 98.1 Å². The lowest BCUT2D eigenvalue weighted by Gasteiger charge is -2.31. The third kappa shape index (κ3) is 4.72. The summed E-state index contributed by atoms with van der Waals surface area (Å²) in [5.41, 5.74) is 19.1. The van der Waals surface area contributed by atoms with Crippen molar-refractivity contribution in [3.05, 3.63) is 198 Å². The van der Waals surface area contributed by atoms with Crippen molar-refractivity contribution in [1.82, 2.24) is 0 Å². The van der Waals surface area contributed by atoms with E-state index < -0.39 is 0 Å². The topological polar surface area (TPSA) is 3.24 Å². The molecule has 8 aromatic carbocycles. The molecule has 1 nitrogen and oxygen atoms in total. The molecule has 0 unspecified atom stereocenters. The van der Waals surface area contributed by atoms with Gasteiger partial charge in [0.25, 0.3) is 0 Å². The number of hydrogen-bond acceptors (Lipinski definition) is 2. The third-order valence-corrected chi connectivity index (χ3v) is 13.8. The second kappa shape index (κ2) is 12.1. The van der Waals surface area contributed by atoms with E-state index in [2.05, 4.69) is 209 Å². The van der Waals surface area contributed by atoms with Gasteiger partial charge in [0.15, 0.2) is 0 Å². The van der Waals surface area contributed by atoms with Crippen molar-refractivity contribution in [2.24, 2.45) is 0 Å². The average molecular weight is 736 g/mol. The van der Waals surface area contributed by atoms with E-state index in [0.717, 1.165) is 11.4 Å². The SMILES string of the molecule is CC1(C)c2ccccc2-c2ccc(-c3ccc(N(c4ccccc4-c4cccc5sc6ccccc6c45)c4cccc5c4-c4ccccc4C5(C)C)cc3)cc21. The van der Waals surface area contributed by atoms with Crippen molar-refractivity contribution in [3.63, 3.8) is 0 Å². The van der Waals surface area contributed by atoms with Crippen molar-refractivity contribution < 1.29 is 0 Å². The highest BCUT2D eigenvalue weighted by molar-refractivity contribution is 7.25. The molecule has 2 aliphatic carbocycles. The largest absolute Gasteiger partial charge is 0.309 e. The minimum absolute atomic E-state index is 0.0449. The molecule has 0 amide bonds.